The maximum atomic E-state index is 14.0. The second kappa shape index (κ2) is 10.7. The van der Waals surface area contributed by atoms with Crippen LogP contribution >= 0.6 is 0 Å². The van der Waals surface area contributed by atoms with Crippen molar-refractivity contribution in [2.75, 3.05) is 19.8 Å². The van der Waals surface area contributed by atoms with Gasteiger partial charge in [0.15, 0.2) is 0 Å². The van der Waals surface area contributed by atoms with E-state index in [1.54, 1.807) is 0 Å². The van der Waals surface area contributed by atoms with E-state index in [1.165, 1.54) is 12.1 Å². The molecule has 2 heterocycles. The highest BCUT2D eigenvalue weighted by molar-refractivity contribution is 7.87. The van der Waals surface area contributed by atoms with Gasteiger partial charge in [0, 0.05) is 29.5 Å². The van der Waals surface area contributed by atoms with Crippen LogP contribution in [-0.4, -0.2) is 34.3 Å². The van der Waals surface area contributed by atoms with Crippen molar-refractivity contribution < 1.29 is 61.9 Å². The lowest BCUT2D eigenvalue weighted by Gasteiger charge is -2.29. The molecule has 2 atom stereocenters. The van der Waals surface area contributed by atoms with Crippen molar-refractivity contribution in [2.24, 2.45) is 0 Å². The van der Waals surface area contributed by atoms with E-state index in [2.05, 4.69) is 4.18 Å². The first-order chi connectivity index (χ1) is 19.3. The Bertz CT molecular complexity index is 1570. The SMILES string of the molecule is O=S(=O)(Oc1c(F)c(F)c(F)c(F)c1F)c1ccc2c(c1)OCCC2c1ccc(C(F)(F)F)cc1O[C@H]1CCOC1. The summed E-state index contributed by atoms with van der Waals surface area (Å²) in [6.07, 6.45) is -4.40. The van der Waals surface area contributed by atoms with Gasteiger partial charge in [-0.15, -0.1) is 0 Å². The molecule has 0 N–H and O–H groups in total. The van der Waals surface area contributed by atoms with E-state index in [0.29, 0.717) is 24.2 Å². The van der Waals surface area contributed by atoms with Crippen molar-refractivity contribution in [1.29, 1.82) is 0 Å². The number of ether oxygens (including phenoxy) is 3. The summed E-state index contributed by atoms with van der Waals surface area (Å²) in [6, 6.07) is 6.12. The molecule has 3 aromatic carbocycles. The zero-order chi connectivity index (χ0) is 29.7. The summed E-state index contributed by atoms with van der Waals surface area (Å²) in [5.74, 6) is -15.0. The Hall–Kier alpha value is -3.59. The molecule has 6 nitrogen and oxygen atoms in total. The van der Waals surface area contributed by atoms with Crippen molar-refractivity contribution in [3.8, 4) is 17.2 Å². The maximum absolute atomic E-state index is 14.0. The van der Waals surface area contributed by atoms with E-state index in [1.807, 2.05) is 0 Å². The van der Waals surface area contributed by atoms with Gasteiger partial charge in [0.1, 0.15) is 22.5 Å². The minimum absolute atomic E-state index is 0.00727. The second-order valence-electron chi connectivity index (χ2n) is 9.18. The smallest absolute Gasteiger partial charge is 0.416 e. The molecule has 0 saturated carbocycles. The normalized spacial score (nSPS) is 19.0. The number of hydrogen-bond donors (Lipinski definition) is 0. The third-order valence-corrected chi connectivity index (χ3v) is 7.79. The molecule has 15 heteroatoms. The van der Waals surface area contributed by atoms with Crippen LogP contribution in [0.25, 0.3) is 0 Å². The van der Waals surface area contributed by atoms with Gasteiger partial charge in [0.05, 0.1) is 25.4 Å². The minimum atomic E-state index is -5.15. The van der Waals surface area contributed by atoms with Crippen LogP contribution in [-0.2, 0) is 21.0 Å². The summed E-state index contributed by atoms with van der Waals surface area (Å²) < 4.78 is 155. The van der Waals surface area contributed by atoms with E-state index in [4.69, 9.17) is 14.2 Å². The molecule has 5 rings (SSSR count). The number of hydrogen-bond acceptors (Lipinski definition) is 6. The van der Waals surface area contributed by atoms with Crippen LogP contribution in [0.5, 0.6) is 17.2 Å². The fourth-order valence-electron chi connectivity index (χ4n) is 4.55. The zero-order valence-electron chi connectivity index (χ0n) is 20.5. The topological polar surface area (TPSA) is 71.1 Å². The van der Waals surface area contributed by atoms with Crippen molar-refractivity contribution in [1.82, 2.24) is 0 Å². The Balaban J connectivity index is 1.50. The predicted molar refractivity (Wildman–Crippen MR) is 124 cm³/mol. The lowest BCUT2D eigenvalue weighted by Crippen LogP contribution is -2.21. The fourth-order valence-corrected chi connectivity index (χ4v) is 5.50. The minimum Gasteiger partial charge on any atom is -0.493 e. The molecule has 0 aromatic heterocycles. The number of rotatable bonds is 6. The first-order valence-corrected chi connectivity index (χ1v) is 13.4. The average Bonchev–Trinajstić information content (AvgIpc) is 3.45. The summed E-state index contributed by atoms with van der Waals surface area (Å²) in [6.45, 7) is 0.556. The summed E-state index contributed by atoms with van der Waals surface area (Å²) in [4.78, 5) is -0.743. The lowest BCUT2D eigenvalue weighted by atomic mass is 9.85. The summed E-state index contributed by atoms with van der Waals surface area (Å²) >= 11 is 0. The van der Waals surface area contributed by atoms with Crippen molar-refractivity contribution in [3.63, 3.8) is 0 Å². The fraction of sp³-hybridized carbons (Fsp3) is 0.308. The molecule has 2 aliphatic rings. The van der Waals surface area contributed by atoms with Gasteiger partial charge in [-0.25, -0.2) is 13.2 Å². The average molecular weight is 610 g/mol. The molecule has 2 aliphatic heterocycles. The van der Waals surface area contributed by atoms with Crippen molar-refractivity contribution in [2.45, 2.75) is 35.9 Å². The molecular weight excluding hydrogens is 592 g/mol. The van der Waals surface area contributed by atoms with Crippen LogP contribution in [0, 0.1) is 29.1 Å². The van der Waals surface area contributed by atoms with Crippen LogP contribution in [0.3, 0.4) is 0 Å². The Morgan fingerprint density at radius 1 is 0.805 bits per heavy atom. The summed E-state index contributed by atoms with van der Waals surface area (Å²) in [5.41, 5.74) is -0.226. The van der Waals surface area contributed by atoms with Crippen LogP contribution in [0.15, 0.2) is 41.3 Å². The van der Waals surface area contributed by atoms with Gasteiger partial charge >= 0.3 is 16.3 Å². The van der Waals surface area contributed by atoms with E-state index in [-0.39, 0.29) is 31.1 Å². The Kier molecular flexibility index (Phi) is 7.53. The Morgan fingerprint density at radius 3 is 2.10 bits per heavy atom. The first-order valence-electron chi connectivity index (χ1n) is 12.0. The van der Waals surface area contributed by atoms with Gasteiger partial charge in [-0.2, -0.15) is 30.4 Å². The number of benzene rings is 3. The number of halogens is 8. The molecule has 0 amide bonds. The molecule has 0 bridgehead atoms. The summed E-state index contributed by atoms with van der Waals surface area (Å²) in [7, 11) is -5.15. The Morgan fingerprint density at radius 2 is 1.46 bits per heavy atom. The molecular formula is C26H18F8O6S. The van der Waals surface area contributed by atoms with Gasteiger partial charge in [-0.1, -0.05) is 12.1 Å². The van der Waals surface area contributed by atoms with Gasteiger partial charge in [-0.05, 0) is 24.6 Å². The van der Waals surface area contributed by atoms with Crippen LogP contribution in [0.1, 0.15) is 35.4 Å². The summed E-state index contributed by atoms with van der Waals surface area (Å²) in [5, 5.41) is 0. The maximum Gasteiger partial charge on any atom is 0.416 e. The van der Waals surface area contributed by atoms with E-state index < -0.39 is 73.6 Å². The molecule has 41 heavy (non-hydrogen) atoms. The van der Waals surface area contributed by atoms with E-state index in [0.717, 1.165) is 24.3 Å². The van der Waals surface area contributed by atoms with Gasteiger partial charge in [0.25, 0.3) is 0 Å². The molecule has 0 aliphatic carbocycles. The molecule has 3 aromatic rings. The molecule has 0 radical (unpaired) electrons. The monoisotopic (exact) mass is 610 g/mol. The van der Waals surface area contributed by atoms with Crippen LogP contribution < -0.4 is 13.7 Å². The van der Waals surface area contributed by atoms with Crippen molar-refractivity contribution in [3.05, 3.63) is 82.2 Å². The number of alkyl halides is 3. The molecule has 1 saturated heterocycles. The third-order valence-electron chi connectivity index (χ3n) is 6.57. The highest BCUT2D eigenvalue weighted by Gasteiger charge is 2.35. The predicted octanol–water partition coefficient (Wildman–Crippen LogP) is 6.25. The molecule has 1 fully saturated rings. The quantitative estimate of drug-likeness (QED) is 0.142. The lowest BCUT2D eigenvalue weighted by molar-refractivity contribution is -0.137. The van der Waals surface area contributed by atoms with Gasteiger partial charge < -0.3 is 18.4 Å². The van der Waals surface area contributed by atoms with Gasteiger partial charge in [-0.3, -0.25) is 0 Å². The highest BCUT2D eigenvalue weighted by atomic mass is 32.2. The van der Waals surface area contributed by atoms with Crippen LogP contribution in [0.2, 0.25) is 0 Å². The van der Waals surface area contributed by atoms with E-state index >= 15 is 0 Å². The molecule has 220 valence electrons. The highest BCUT2D eigenvalue weighted by Crippen LogP contribution is 2.45. The van der Waals surface area contributed by atoms with Crippen molar-refractivity contribution >= 4 is 10.1 Å². The molecule has 0 spiro atoms. The van der Waals surface area contributed by atoms with Gasteiger partial charge in [0.2, 0.25) is 34.8 Å². The van der Waals surface area contributed by atoms with Crippen LogP contribution in [0.4, 0.5) is 35.1 Å². The largest absolute Gasteiger partial charge is 0.493 e. The Labute approximate surface area is 227 Å². The number of fused-ring (bicyclic) bond motifs is 1. The second-order valence-corrected chi connectivity index (χ2v) is 10.7. The molecule has 1 unspecified atom stereocenters. The third kappa shape index (κ3) is 5.52. The van der Waals surface area contributed by atoms with E-state index in [9.17, 15) is 43.5 Å². The zero-order valence-corrected chi connectivity index (χ0v) is 21.4. The standard InChI is InChI=1S/C26H18F8O6S/c27-20-21(28)23(30)25(24(31)22(20)29)40-41(35,36)14-2-4-16-15(6-8-38-18(16)10-14)17-3-1-12(26(32,33)34)9-19(17)39-13-5-7-37-11-13/h1-4,9-10,13,15H,5-8,11H2/t13-,15?/m0/s1. The first kappa shape index (κ1) is 28.9.